The summed E-state index contributed by atoms with van der Waals surface area (Å²) in [4.78, 5) is 2.13. The molecular weight excluding hydrogens is 169 g/mol. The number of piperidine rings is 1. The van der Waals surface area contributed by atoms with E-state index in [0.29, 0.717) is 12.8 Å². The smallest absolute Gasteiger partial charge is 0.158 e. The molecule has 0 saturated carbocycles. The lowest BCUT2D eigenvalue weighted by molar-refractivity contribution is 0.0348. The van der Waals surface area contributed by atoms with Crippen LogP contribution in [0.25, 0.3) is 0 Å². The lowest BCUT2D eigenvalue weighted by Gasteiger charge is -2.32. The van der Waals surface area contributed by atoms with Gasteiger partial charge in [0.25, 0.3) is 0 Å². The molecule has 1 aliphatic heterocycles. The Morgan fingerprint density at radius 2 is 2.00 bits per heavy atom. The van der Waals surface area contributed by atoms with Gasteiger partial charge in [-0.1, -0.05) is 11.8 Å². The zero-order chi connectivity index (χ0) is 9.90. The van der Waals surface area contributed by atoms with E-state index in [1.807, 2.05) is 7.05 Å². The minimum Gasteiger partial charge on any atom is -0.378 e. The highest BCUT2D eigenvalue weighted by Crippen LogP contribution is 2.20. The molecule has 1 heterocycles. The fourth-order valence-electron chi connectivity index (χ4n) is 1.35. The van der Waals surface area contributed by atoms with Crippen LogP contribution in [0.1, 0.15) is 19.8 Å². The van der Waals surface area contributed by atoms with Gasteiger partial charge in [0.05, 0.1) is 0 Å². The Bertz CT molecular complexity index is 221. The molecule has 1 N–H and O–H groups in total. The predicted octanol–water partition coefficient (Wildman–Crippen LogP) is 0.804. The SMILES string of the molecule is CC(F)C#CC1(O)CCN(C)CC1. The Kier molecular flexibility index (Phi) is 3.29. The topological polar surface area (TPSA) is 23.5 Å². The number of nitrogens with zero attached hydrogens (tertiary/aromatic N) is 1. The standard InChI is InChI=1S/C10H16FNO/c1-9(11)3-4-10(13)5-7-12(2)8-6-10/h9,13H,5-8H2,1-2H3. The van der Waals surface area contributed by atoms with Crippen LogP contribution in [0.2, 0.25) is 0 Å². The maximum absolute atomic E-state index is 12.4. The van der Waals surface area contributed by atoms with E-state index >= 15 is 0 Å². The van der Waals surface area contributed by atoms with Crippen LogP contribution in [-0.4, -0.2) is 41.9 Å². The van der Waals surface area contributed by atoms with E-state index in [4.69, 9.17) is 0 Å². The summed E-state index contributed by atoms with van der Waals surface area (Å²) in [7, 11) is 2.00. The molecule has 0 aromatic rings. The summed E-state index contributed by atoms with van der Waals surface area (Å²) in [6, 6.07) is 0. The number of hydrogen-bond donors (Lipinski definition) is 1. The minimum atomic E-state index is -1.15. The summed E-state index contributed by atoms with van der Waals surface area (Å²) < 4.78 is 12.4. The Balaban J connectivity index is 2.54. The van der Waals surface area contributed by atoms with Gasteiger partial charge in [-0.25, -0.2) is 4.39 Å². The molecule has 1 atom stereocenters. The number of aliphatic hydroxyl groups is 1. The molecule has 3 heteroatoms. The van der Waals surface area contributed by atoms with E-state index in [0.717, 1.165) is 13.1 Å². The maximum atomic E-state index is 12.4. The lowest BCUT2D eigenvalue weighted by Crippen LogP contribution is -2.41. The second-order valence-electron chi connectivity index (χ2n) is 3.72. The van der Waals surface area contributed by atoms with Crippen LogP contribution < -0.4 is 0 Å². The van der Waals surface area contributed by atoms with Gasteiger partial charge in [0, 0.05) is 25.9 Å². The van der Waals surface area contributed by atoms with Crippen LogP contribution in [0.4, 0.5) is 4.39 Å². The second kappa shape index (κ2) is 4.08. The van der Waals surface area contributed by atoms with E-state index in [9.17, 15) is 9.50 Å². The van der Waals surface area contributed by atoms with Gasteiger partial charge in [0.2, 0.25) is 0 Å². The van der Waals surface area contributed by atoms with Gasteiger partial charge < -0.3 is 10.0 Å². The number of rotatable bonds is 0. The molecule has 0 aromatic carbocycles. The summed E-state index contributed by atoms with van der Waals surface area (Å²) in [6.45, 7) is 3.03. The van der Waals surface area contributed by atoms with Gasteiger partial charge in [0.1, 0.15) is 5.60 Å². The van der Waals surface area contributed by atoms with Crippen molar-refractivity contribution in [2.75, 3.05) is 20.1 Å². The van der Waals surface area contributed by atoms with E-state index < -0.39 is 11.8 Å². The fourth-order valence-corrected chi connectivity index (χ4v) is 1.35. The number of alkyl halides is 1. The molecule has 0 radical (unpaired) electrons. The molecule has 1 rings (SSSR count). The van der Waals surface area contributed by atoms with E-state index in [2.05, 4.69) is 16.7 Å². The normalized spacial score (nSPS) is 24.6. The molecule has 74 valence electrons. The molecule has 2 nitrogen and oxygen atoms in total. The van der Waals surface area contributed by atoms with Crippen LogP contribution >= 0.6 is 0 Å². The Labute approximate surface area is 78.7 Å². The summed E-state index contributed by atoms with van der Waals surface area (Å²) in [6.07, 6.45) is 0.0792. The van der Waals surface area contributed by atoms with Gasteiger partial charge in [-0.15, -0.1) is 0 Å². The average Bonchev–Trinajstić information content (AvgIpc) is 2.08. The summed E-state index contributed by atoms with van der Waals surface area (Å²) in [5.74, 6) is 5.01. The molecule has 0 bridgehead atoms. The first-order valence-electron chi connectivity index (χ1n) is 4.59. The first-order chi connectivity index (χ1) is 6.02. The van der Waals surface area contributed by atoms with Crippen molar-refractivity contribution in [3.8, 4) is 11.8 Å². The van der Waals surface area contributed by atoms with Crippen molar-refractivity contribution < 1.29 is 9.50 Å². The van der Waals surface area contributed by atoms with Crippen molar-refractivity contribution in [1.29, 1.82) is 0 Å². The molecule has 1 saturated heterocycles. The molecule has 0 amide bonds. The van der Waals surface area contributed by atoms with Crippen molar-refractivity contribution in [3.05, 3.63) is 0 Å². The average molecular weight is 185 g/mol. The molecule has 0 spiro atoms. The molecule has 0 aliphatic carbocycles. The Morgan fingerprint density at radius 1 is 1.46 bits per heavy atom. The first-order valence-corrected chi connectivity index (χ1v) is 4.59. The van der Waals surface area contributed by atoms with Gasteiger partial charge in [-0.3, -0.25) is 0 Å². The second-order valence-corrected chi connectivity index (χ2v) is 3.72. The van der Waals surface area contributed by atoms with Crippen LogP contribution in [0.15, 0.2) is 0 Å². The van der Waals surface area contributed by atoms with Gasteiger partial charge in [-0.05, 0) is 14.0 Å². The predicted molar refractivity (Wildman–Crippen MR) is 50.0 cm³/mol. The van der Waals surface area contributed by atoms with Crippen LogP contribution in [0.5, 0.6) is 0 Å². The zero-order valence-corrected chi connectivity index (χ0v) is 8.18. The van der Waals surface area contributed by atoms with Crippen molar-refractivity contribution in [2.24, 2.45) is 0 Å². The molecule has 1 unspecified atom stereocenters. The Morgan fingerprint density at radius 3 is 2.46 bits per heavy atom. The van der Waals surface area contributed by atoms with E-state index in [1.165, 1.54) is 6.92 Å². The van der Waals surface area contributed by atoms with E-state index in [-0.39, 0.29) is 0 Å². The molecule has 1 fully saturated rings. The van der Waals surface area contributed by atoms with Gasteiger partial charge in [0.15, 0.2) is 6.17 Å². The highest BCUT2D eigenvalue weighted by atomic mass is 19.1. The van der Waals surface area contributed by atoms with Gasteiger partial charge in [-0.2, -0.15) is 0 Å². The van der Waals surface area contributed by atoms with Gasteiger partial charge >= 0.3 is 0 Å². The van der Waals surface area contributed by atoms with Crippen molar-refractivity contribution in [3.63, 3.8) is 0 Å². The summed E-state index contributed by atoms with van der Waals surface area (Å²) in [5, 5.41) is 9.87. The molecular formula is C10H16FNO. The number of halogens is 1. The Hall–Kier alpha value is -0.590. The largest absolute Gasteiger partial charge is 0.378 e. The third-order valence-corrected chi connectivity index (χ3v) is 2.32. The number of likely N-dealkylation sites (tertiary alicyclic amines) is 1. The van der Waals surface area contributed by atoms with Crippen molar-refractivity contribution in [2.45, 2.75) is 31.5 Å². The van der Waals surface area contributed by atoms with Crippen LogP contribution in [0, 0.1) is 11.8 Å². The number of hydrogen-bond acceptors (Lipinski definition) is 2. The quantitative estimate of drug-likeness (QED) is 0.564. The fraction of sp³-hybridized carbons (Fsp3) is 0.800. The van der Waals surface area contributed by atoms with E-state index in [1.54, 1.807) is 0 Å². The molecule has 13 heavy (non-hydrogen) atoms. The first kappa shape index (κ1) is 10.5. The van der Waals surface area contributed by atoms with Crippen molar-refractivity contribution in [1.82, 2.24) is 4.90 Å². The van der Waals surface area contributed by atoms with Crippen LogP contribution in [0.3, 0.4) is 0 Å². The molecule has 0 aromatic heterocycles. The van der Waals surface area contributed by atoms with Crippen LogP contribution in [-0.2, 0) is 0 Å². The van der Waals surface area contributed by atoms with Crippen molar-refractivity contribution >= 4 is 0 Å². The summed E-state index contributed by atoms with van der Waals surface area (Å²) >= 11 is 0. The maximum Gasteiger partial charge on any atom is 0.158 e. The third-order valence-electron chi connectivity index (χ3n) is 2.32. The molecule has 1 aliphatic rings. The highest BCUT2D eigenvalue weighted by Gasteiger charge is 2.28. The monoisotopic (exact) mass is 185 g/mol. The lowest BCUT2D eigenvalue weighted by atomic mass is 9.92. The third kappa shape index (κ3) is 3.33. The minimum absolute atomic E-state index is 0.614. The highest BCUT2D eigenvalue weighted by molar-refractivity contribution is 5.17. The zero-order valence-electron chi connectivity index (χ0n) is 8.18. The summed E-state index contributed by atoms with van der Waals surface area (Å²) in [5.41, 5.74) is -0.952.